The van der Waals surface area contributed by atoms with Crippen molar-refractivity contribution >= 4 is 41.0 Å². The van der Waals surface area contributed by atoms with Gasteiger partial charge in [-0.05, 0) is 43.0 Å². The van der Waals surface area contributed by atoms with Crippen molar-refractivity contribution in [2.75, 3.05) is 5.32 Å². The second kappa shape index (κ2) is 8.17. The number of hydrogen-bond acceptors (Lipinski definition) is 4. The minimum atomic E-state index is -0.646. The van der Waals surface area contributed by atoms with E-state index in [4.69, 9.17) is 11.6 Å². The first-order valence-electron chi connectivity index (χ1n) is 9.59. The number of thioether (sulfide) groups is 1. The minimum absolute atomic E-state index is 0.0643. The number of halogens is 1. The fourth-order valence-corrected chi connectivity index (χ4v) is 5.00. The number of carbonyl (C=O) groups is 2. The third kappa shape index (κ3) is 3.91. The number of nitrogens with zero attached hydrogens (tertiary/aromatic N) is 2. The van der Waals surface area contributed by atoms with Gasteiger partial charge in [-0.25, -0.2) is 4.68 Å². The van der Waals surface area contributed by atoms with Gasteiger partial charge in [-0.3, -0.25) is 9.59 Å². The summed E-state index contributed by atoms with van der Waals surface area (Å²) in [6, 6.07) is 7.31. The molecular formula is C20H23ClN4O2S. The quantitative estimate of drug-likeness (QED) is 0.741. The van der Waals surface area contributed by atoms with Crippen molar-refractivity contribution in [3.8, 4) is 5.69 Å². The van der Waals surface area contributed by atoms with Crippen molar-refractivity contribution in [2.24, 2.45) is 5.92 Å². The molecular weight excluding hydrogens is 396 g/mol. The van der Waals surface area contributed by atoms with E-state index in [1.54, 1.807) is 28.6 Å². The number of amides is 2. The van der Waals surface area contributed by atoms with Crippen LogP contribution in [0.1, 0.15) is 43.9 Å². The van der Waals surface area contributed by atoms with Crippen LogP contribution in [0.5, 0.6) is 0 Å². The summed E-state index contributed by atoms with van der Waals surface area (Å²) < 4.78 is 1.69. The molecule has 2 aliphatic rings. The molecule has 1 fully saturated rings. The van der Waals surface area contributed by atoms with Gasteiger partial charge in [0.1, 0.15) is 5.82 Å². The van der Waals surface area contributed by atoms with E-state index in [1.165, 1.54) is 6.42 Å². The highest BCUT2D eigenvalue weighted by atomic mass is 35.5. The van der Waals surface area contributed by atoms with Crippen LogP contribution in [0.4, 0.5) is 5.82 Å². The Morgan fingerprint density at radius 3 is 2.64 bits per heavy atom. The van der Waals surface area contributed by atoms with Gasteiger partial charge in [0.2, 0.25) is 0 Å². The monoisotopic (exact) mass is 418 g/mol. The molecule has 148 valence electrons. The van der Waals surface area contributed by atoms with Crippen molar-refractivity contribution in [1.29, 1.82) is 0 Å². The Bertz CT molecular complexity index is 896. The molecule has 2 amide bonds. The number of carbonyl (C=O) groups excluding carboxylic acids is 2. The second-order valence-corrected chi connectivity index (χ2v) is 8.87. The first-order valence-corrected chi connectivity index (χ1v) is 11.1. The molecule has 0 spiro atoms. The van der Waals surface area contributed by atoms with Crippen LogP contribution in [0.3, 0.4) is 0 Å². The van der Waals surface area contributed by atoms with Gasteiger partial charge in [0, 0.05) is 28.1 Å². The van der Waals surface area contributed by atoms with Crippen LogP contribution in [0.2, 0.25) is 5.02 Å². The highest BCUT2D eigenvalue weighted by Crippen LogP contribution is 2.36. The molecule has 2 atom stereocenters. The molecule has 0 unspecified atom stereocenters. The van der Waals surface area contributed by atoms with Gasteiger partial charge in [0.15, 0.2) is 0 Å². The van der Waals surface area contributed by atoms with E-state index in [0.717, 1.165) is 47.7 Å². The SMILES string of the molecule is C[C@H]1CCCC[C@@H]1NC(=O)C(=O)Nc1c2c(nn1-c1ccc(Cl)cc1)CSC2. The van der Waals surface area contributed by atoms with Crippen LogP contribution < -0.4 is 10.6 Å². The van der Waals surface area contributed by atoms with Gasteiger partial charge in [0.25, 0.3) is 0 Å². The fraction of sp³-hybridized carbons (Fsp3) is 0.450. The van der Waals surface area contributed by atoms with Crippen LogP contribution in [-0.2, 0) is 21.1 Å². The van der Waals surface area contributed by atoms with Gasteiger partial charge >= 0.3 is 11.8 Å². The second-order valence-electron chi connectivity index (χ2n) is 7.45. The van der Waals surface area contributed by atoms with E-state index in [0.29, 0.717) is 16.8 Å². The maximum atomic E-state index is 12.6. The molecule has 1 aromatic heterocycles. The number of rotatable bonds is 3. The summed E-state index contributed by atoms with van der Waals surface area (Å²) in [4.78, 5) is 25.1. The van der Waals surface area contributed by atoms with Crippen LogP contribution in [0.15, 0.2) is 24.3 Å². The zero-order valence-corrected chi connectivity index (χ0v) is 17.3. The summed E-state index contributed by atoms with van der Waals surface area (Å²) in [5.74, 6) is 1.30. The van der Waals surface area contributed by atoms with Gasteiger partial charge in [-0.1, -0.05) is 31.4 Å². The Hall–Kier alpha value is -1.99. The van der Waals surface area contributed by atoms with E-state index < -0.39 is 11.8 Å². The predicted octanol–water partition coefficient (Wildman–Crippen LogP) is 3.91. The summed E-state index contributed by atoms with van der Waals surface area (Å²) in [5, 5.41) is 11.0. The lowest BCUT2D eigenvalue weighted by Gasteiger charge is -2.29. The average Bonchev–Trinajstić information content (AvgIpc) is 3.27. The van der Waals surface area contributed by atoms with Crippen LogP contribution in [-0.4, -0.2) is 27.6 Å². The van der Waals surface area contributed by atoms with Gasteiger partial charge < -0.3 is 10.6 Å². The summed E-state index contributed by atoms with van der Waals surface area (Å²) in [7, 11) is 0. The molecule has 2 N–H and O–H groups in total. The Morgan fingerprint density at radius 2 is 1.89 bits per heavy atom. The Labute approximate surface area is 173 Å². The van der Waals surface area contributed by atoms with E-state index in [9.17, 15) is 9.59 Å². The van der Waals surface area contributed by atoms with Gasteiger partial charge in [-0.2, -0.15) is 16.9 Å². The maximum absolute atomic E-state index is 12.6. The average molecular weight is 419 g/mol. The molecule has 1 saturated carbocycles. The van der Waals surface area contributed by atoms with Crippen LogP contribution >= 0.6 is 23.4 Å². The number of hydrogen-bond donors (Lipinski definition) is 2. The molecule has 0 saturated heterocycles. The topological polar surface area (TPSA) is 76.0 Å². The molecule has 0 radical (unpaired) electrons. The van der Waals surface area contributed by atoms with Crippen molar-refractivity contribution in [1.82, 2.24) is 15.1 Å². The van der Waals surface area contributed by atoms with E-state index >= 15 is 0 Å². The lowest BCUT2D eigenvalue weighted by atomic mass is 9.86. The Morgan fingerprint density at radius 1 is 1.14 bits per heavy atom. The van der Waals surface area contributed by atoms with Crippen LogP contribution in [0.25, 0.3) is 5.69 Å². The molecule has 28 heavy (non-hydrogen) atoms. The molecule has 2 heterocycles. The molecule has 0 bridgehead atoms. The zero-order chi connectivity index (χ0) is 19.7. The molecule has 4 rings (SSSR count). The number of benzene rings is 1. The molecule has 1 aromatic carbocycles. The van der Waals surface area contributed by atoms with Crippen molar-refractivity contribution < 1.29 is 9.59 Å². The minimum Gasteiger partial charge on any atom is -0.345 e. The maximum Gasteiger partial charge on any atom is 0.314 e. The molecule has 2 aromatic rings. The first kappa shape index (κ1) is 19.3. The molecule has 1 aliphatic heterocycles. The fourth-order valence-electron chi connectivity index (χ4n) is 3.84. The normalized spacial score (nSPS) is 21.2. The van der Waals surface area contributed by atoms with Crippen molar-refractivity contribution in [2.45, 2.75) is 50.2 Å². The van der Waals surface area contributed by atoms with Crippen LogP contribution in [0, 0.1) is 5.92 Å². The number of anilines is 1. The Balaban J connectivity index is 1.54. The van der Waals surface area contributed by atoms with E-state index in [-0.39, 0.29) is 6.04 Å². The number of nitrogens with one attached hydrogen (secondary N) is 2. The Kier molecular flexibility index (Phi) is 5.64. The molecule has 6 nitrogen and oxygen atoms in total. The molecule has 8 heteroatoms. The van der Waals surface area contributed by atoms with Crippen molar-refractivity contribution in [3.05, 3.63) is 40.5 Å². The zero-order valence-electron chi connectivity index (χ0n) is 15.7. The van der Waals surface area contributed by atoms with E-state index in [1.807, 2.05) is 12.1 Å². The lowest BCUT2D eigenvalue weighted by Crippen LogP contribution is -2.46. The number of aromatic nitrogens is 2. The van der Waals surface area contributed by atoms with Crippen molar-refractivity contribution in [3.63, 3.8) is 0 Å². The molecule has 1 aliphatic carbocycles. The summed E-state index contributed by atoms with van der Waals surface area (Å²) in [6.07, 6.45) is 4.28. The summed E-state index contributed by atoms with van der Waals surface area (Å²) in [5.41, 5.74) is 2.71. The summed E-state index contributed by atoms with van der Waals surface area (Å²) >= 11 is 7.73. The highest BCUT2D eigenvalue weighted by molar-refractivity contribution is 7.98. The largest absolute Gasteiger partial charge is 0.345 e. The highest BCUT2D eigenvalue weighted by Gasteiger charge is 2.29. The summed E-state index contributed by atoms with van der Waals surface area (Å²) in [6.45, 7) is 2.13. The lowest BCUT2D eigenvalue weighted by molar-refractivity contribution is -0.137. The smallest absolute Gasteiger partial charge is 0.314 e. The van der Waals surface area contributed by atoms with Gasteiger partial charge in [0.05, 0.1) is 11.4 Å². The van der Waals surface area contributed by atoms with Gasteiger partial charge in [-0.15, -0.1) is 0 Å². The standard InChI is InChI=1S/C20H23ClN4O2S/c1-12-4-2-3-5-16(12)22-19(26)20(27)23-18-15-10-28-11-17(15)24-25(18)14-8-6-13(21)7-9-14/h6-9,12,16H,2-5,10-11H2,1H3,(H,22,26)(H,23,27)/t12-,16-/m0/s1. The van der Waals surface area contributed by atoms with E-state index in [2.05, 4.69) is 22.7 Å². The first-order chi connectivity index (χ1) is 13.5. The predicted molar refractivity (Wildman–Crippen MR) is 112 cm³/mol. The third-order valence-corrected chi connectivity index (χ3v) is 6.71. The third-order valence-electron chi connectivity index (χ3n) is 5.49. The number of fused-ring (bicyclic) bond motifs is 1.